The molecule has 0 spiro atoms. The summed E-state index contributed by atoms with van der Waals surface area (Å²) in [6.45, 7) is 2.11. The van der Waals surface area contributed by atoms with Crippen LogP contribution in [0.2, 0.25) is 0 Å². The number of anilines is 1. The van der Waals surface area contributed by atoms with Gasteiger partial charge in [-0.3, -0.25) is 14.3 Å². The lowest BCUT2D eigenvalue weighted by molar-refractivity contribution is -0.125. The molecule has 0 atom stereocenters. The van der Waals surface area contributed by atoms with E-state index in [4.69, 9.17) is 0 Å². The van der Waals surface area contributed by atoms with Gasteiger partial charge in [0, 0.05) is 56.4 Å². The quantitative estimate of drug-likeness (QED) is 0.741. The zero-order valence-electron chi connectivity index (χ0n) is 14.9. The molecule has 1 amide bonds. The molecule has 1 aliphatic rings. The predicted octanol–water partition coefficient (Wildman–Crippen LogP) is 1.59. The Labute approximate surface area is 157 Å². The molecule has 1 aliphatic heterocycles. The van der Waals surface area contributed by atoms with Crippen molar-refractivity contribution in [2.45, 2.75) is 19.4 Å². The third-order valence-electron chi connectivity index (χ3n) is 4.79. The van der Waals surface area contributed by atoms with E-state index in [2.05, 4.69) is 30.2 Å². The highest BCUT2D eigenvalue weighted by molar-refractivity contribution is 5.79. The van der Waals surface area contributed by atoms with Gasteiger partial charge in [0.15, 0.2) is 0 Å². The summed E-state index contributed by atoms with van der Waals surface area (Å²) < 4.78 is 1.85. The fourth-order valence-corrected chi connectivity index (χ4v) is 3.25. The summed E-state index contributed by atoms with van der Waals surface area (Å²) >= 11 is 0. The first-order valence-electron chi connectivity index (χ1n) is 9.01. The van der Waals surface area contributed by atoms with Crippen molar-refractivity contribution in [2.75, 3.05) is 18.0 Å². The number of nitrogens with one attached hydrogen (secondary N) is 1. The lowest BCUT2D eigenvalue weighted by atomic mass is 9.96. The highest BCUT2D eigenvalue weighted by Crippen LogP contribution is 2.23. The van der Waals surface area contributed by atoms with E-state index in [1.165, 1.54) is 0 Å². The van der Waals surface area contributed by atoms with Gasteiger partial charge in [0.25, 0.3) is 0 Å². The molecule has 138 valence electrons. The van der Waals surface area contributed by atoms with Gasteiger partial charge in [-0.05, 0) is 24.5 Å². The van der Waals surface area contributed by atoms with Crippen molar-refractivity contribution < 1.29 is 4.79 Å². The summed E-state index contributed by atoms with van der Waals surface area (Å²) in [5, 5.41) is 3.02. The molecule has 1 saturated heterocycles. The summed E-state index contributed by atoms with van der Waals surface area (Å²) in [6.07, 6.45) is 12.0. The van der Waals surface area contributed by atoms with Crippen LogP contribution in [0.25, 0.3) is 5.82 Å². The summed E-state index contributed by atoms with van der Waals surface area (Å²) in [6, 6.07) is 5.78. The Balaban J connectivity index is 1.32. The summed E-state index contributed by atoms with van der Waals surface area (Å²) in [5.74, 6) is 1.81. The molecule has 8 nitrogen and oxygen atoms in total. The SMILES string of the molecule is O=C(NCc1cccnc1)C1CCN(c2cc(-n3ccnc3)ncn2)CC1. The normalized spacial score (nSPS) is 14.9. The van der Waals surface area contributed by atoms with Gasteiger partial charge in [0.2, 0.25) is 5.91 Å². The fraction of sp³-hybridized carbons (Fsp3) is 0.316. The fourth-order valence-electron chi connectivity index (χ4n) is 3.25. The molecule has 4 heterocycles. The molecule has 3 aromatic heterocycles. The Morgan fingerprint density at radius 2 is 2.00 bits per heavy atom. The summed E-state index contributed by atoms with van der Waals surface area (Å²) in [7, 11) is 0. The van der Waals surface area contributed by atoms with Gasteiger partial charge in [0.05, 0.1) is 0 Å². The zero-order valence-corrected chi connectivity index (χ0v) is 14.9. The van der Waals surface area contributed by atoms with E-state index in [0.717, 1.165) is 43.1 Å². The molecular weight excluding hydrogens is 342 g/mol. The van der Waals surface area contributed by atoms with Gasteiger partial charge in [-0.1, -0.05) is 6.07 Å². The number of carbonyl (C=O) groups is 1. The molecule has 4 rings (SSSR count). The Bertz CT molecular complexity index is 874. The molecule has 0 aromatic carbocycles. The van der Waals surface area contributed by atoms with Gasteiger partial charge < -0.3 is 10.2 Å². The largest absolute Gasteiger partial charge is 0.356 e. The van der Waals surface area contributed by atoms with Crippen LogP contribution in [-0.2, 0) is 11.3 Å². The number of rotatable bonds is 5. The van der Waals surface area contributed by atoms with E-state index in [1.807, 2.05) is 29.0 Å². The second kappa shape index (κ2) is 7.94. The molecule has 0 radical (unpaired) electrons. The van der Waals surface area contributed by atoms with Crippen molar-refractivity contribution in [3.8, 4) is 5.82 Å². The van der Waals surface area contributed by atoms with Crippen molar-refractivity contribution in [1.29, 1.82) is 0 Å². The lowest BCUT2D eigenvalue weighted by Crippen LogP contribution is -2.40. The molecule has 1 fully saturated rings. The first-order valence-corrected chi connectivity index (χ1v) is 9.01. The number of hydrogen-bond donors (Lipinski definition) is 1. The van der Waals surface area contributed by atoms with Crippen LogP contribution in [0.5, 0.6) is 0 Å². The van der Waals surface area contributed by atoms with Gasteiger partial charge in [-0.2, -0.15) is 0 Å². The maximum absolute atomic E-state index is 12.4. The van der Waals surface area contributed by atoms with Gasteiger partial charge in [-0.15, -0.1) is 0 Å². The number of aromatic nitrogens is 5. The van der Waals surface area contributed by atoms with E-state index in [9.17, 15) is 4.79 Å². The monoisotopic (exact) mass is 363 g/mol. The van der Waals surface area contributed by atoms with Crippen LogP contribution in [0, 0.1) is 5.92 Å². The molecule has 0 aliphatic carbocycles. The number of amides is 1. The van der Waals surface area contributed by atoms with Crippen LogP contribution in [-0.4, -0.2) is 43.5 Å². The van der Waals surface area contributed by atoms with Crippen LogP contribution in [0.1, 0.15) is 18.4 Å². The maximum atomic E-state index is 12.4. The number of imidazole rings is 1. The lowest BCUT2D eigenvalue weighted by Gasteiger charge is -2.32. The average Bonchev–Trinajstić information content (AvgIpc) is 3.28. The van der Waals surface area contributed by atoms with Crippen LogP contribution in [0.15, 0.2) is 55.6 Å². The summed E-state index contributed by atoms with van der Waals surface area (Å²) in [4.78, 5) is 31.4. The highest BCUT2D eigenvalue weighted by Gasteiger charge is 2.25. The zero-order chi connectivity index (χ0) is 18.5. The summed E-state index contributed by atoms with van der Waals surface area (Å²) in [5.41, 5.74) is 1.01. The van der Waals surface area contributed by atoms with Crippen molar-refractivity contribution in [3.63, 3.8) is 0 Å². The number of hydrogen-bond acceptors (Lipinski definition) is 6. The van der Waals surface area contributed by atoms with Gasteiger partial charge in [0.1, 0.15) is 24.3 Å². The molecular formula is C19H21N7O. The van der Waals surface area contributed by atoms with Crippen LogP contribution in [0.4, 0.5) is 5.82 Å². The maximum Gasteiger partial charge on any atom is 0.223 e. The van der Waals surface area contributed by atoms with Crippen LogP contribution in [0.3, 0.4) is 0 Å². The Kier molecular flexibility index (Phi) is 5.04. The van der Waals surface area contributed by atoms with Crippen molar-refractivity contribution >= 4 is 11.7 Å². The van der Waals surface area contributed by atoms with Crippen molar-refractivity contribution in [1.82, 2.24) is 29.8 Å². The Hall–Kier alpha value is -3.29. The van der Waals surface area contributed by atoms with E-state index in [1.54, 1.807) is 31.2 Å². The minimum Gasteiger partial charge on any atom is -0.356 e. The second-order valence-corrected chi connectivity index (χ2v) is 6.54. The van der Waals surface area contributed by atoms with Crippen LogP contribution >= 0.6 is 0 Å². The van der Waals surface area contributed by atoms with Gasteiger partial charge in [-0.25, -0.2) is 15.0 Å². The van der Waals surface area contributed by atoms with E-state index in [-0.39, 0.29) is 11.8 Å². The highest BCUT2D eigenvalue weighted by atomic mass is 16.1. The van der Waals surface area contributed by atoms with E-state index in [0.29, 0.717) is 6.54 Å². The number of pyridine rings is 1. The Morgan fingerprint density at radius 3 is 2.74 bits per heavy atom. The second-order valence-electron chi connectivity index (χ2n) is 6.54. The third-order valence-corrected chi connectivity index (χ3v) is 4.79. The number of nitrogens with zero attached hydrogens (tertiary/aromatic N) is 6. The van der Waals surface area contributed by atoms with Crippen molar-refractivity contribution in [2.24, 2.45) is 5.92 Å². The molecule has 8 heteroatoms. The first-order chi connectivity index (χ1) is 13.3. The topological polar surface area (TPSA) is 88.8 Å². The molecule has 27 heavy (non-hydrogen) atoms. The van der Waals surface area contributed by atoms with E-state index >= 15 is 0 Å². The standard InChI is InChI=1S/C19H21N7O/c27-19(22-12-15-2-1-5-20-11-15)16-3-7-25(8-4-16)17-10-18(24-13-23-17)26-9-6-21-14-26/h1-2,5-6,9-11,13-14,16H,3-4,7-8,12H2,(H,22,27). The smallest absolute Gasteiger partial charge is 0.223 e. The molecule has 0 bridgehead atoms. The van der Waals surface area contributed by atoms with Crippen molar-refractivity contribution in [3.05, 3.63) is 61.2 Å². The first kappa shape index (κ1) is 17.1. The third kappa shape index (κ3) is 4.11. The molecule has 0 unspecified atom stereocenters. The number of piperidine rings is 1. The molecule has 0 saturated carbocycles. The minimum atomic E-state index is 0.0351. The average molecular weight is 363 g/mol. The van der Waals surface area contributed by atoms with Gasteiger partial charge >= 0.3 is 0 Å². The molecule has 3 aromatic rings. The number of carbonyl (C=O) groups excluding carboxylic acids is 1. The molecule has 1 N–H and O–H groups in total. The Morgan fingerprint density at radius 1 is 1.15 bits per heavy atom. The predicted molar refractivity (Wildman–Crippen MR) is 100 cm³/mol. The van der Waals surface area contributed by atoms with E-state index < -0.39 is 0 Å². The van der Waals surface area contributed by atoms with Crippen LogP contribution < -0.4 is 10.2 Å². The minimum absolute atomic E-state index is 0.0351.